The number of likely N-dealkylation sites (tertiary alicyclic amines) is 1. The summed E-state index contributed by atoms with van der Waals surface area (Å²) >= 11 is 0. The van der Waals surface area contributed by atoms with E-state index in [2.05, 4.69) is 5.32 Å². The van der Waals surface area contributed by atoms with Gasteiger partial charge in [-0.2, -0.15) is 0 Å². The zero-order valence-corrected chi connectivity index (χ0v) is 13.1. The Morgan fingerprint density at radius 3 is 2.67 bits per heavy atom. The van der Waals surface area contributed by atoms with E-state index >= 15 is 0 Å². The van der Waals surface area contributed by atoms with Crippen LogP contribution in [0.5, 0.6) is 0 Å². The highest BCUT2D eigenvalue weighted by Gasteiger charge is 2.41. The lowest BCUT2D eigenvalue weighted by atomic mass is 9.74. The van der Waals surface area contributed by atoms with Gasteiger partial charge in [0.2, 0.25) is 5.91 Å². The van der Waals surface area contributed by atoms with Crippen molar-refractivity contribution in [3.8, 4) is 0 Å². The SMILES string of the molecule is COC1CNC(C(=O)N2CCCC(C(C)(C)C(=O)O)C2)C1. The molecule has 2 heterocycles. The molecule has 6 nitrogen and oxygen atoms in total. The largest absolute Gasteiger partial charge is 0.481 e. The zero-order chi connectivity index (χ0) is 15.6. The zero-order valence-electron chi connectivity index (χ0n) is 13.1. The van der Waals surface area contributed by atoms with Crippen LogP contribution in [0.25, 0.3) is 0 Å². The van der Waals surface area contributed by atoms with Gasteiger partial charge in [0.25, 0.3) is 0 Å². The minimum absolute atomic E-state index is 0.00678. The first-order valence-corrected chi connectivity index (χ1v) is 7.64. The smallest absolute Gasteiger partial charge is 0.309 e. The number of amides is 1. The summed E-state index contributed by atoms with van der Waals surface area (Å²) in [7, 11) is 1.66. The summed E-state index contributed by atoms with van der Waals surface area (Å²) in [5, 5.41) is 12.6. The van der Waals surface area contributed by atoms with E-state index in [9.17, 15) is 14.7 Å². The highest BCUT2D eigenvalue weighted by molar-refractivity contribution is 5.82. The van der Waals surface area contributed by atoms with Crippen LogP contribution in [0.1, 0.15) is 33.1 Å². The topological polar surface area (TPSA) is 78.9 Å². The van der Waals surface area contributed by atoms with Gasteiger partial charge in [-0.3, -0.25) is 9.59 Å². The number of carbonyl (C=O) groups excluding carboxylic acids is 1. The molecule has 2 fully saturated rings. The van der Waals surface area contributed by atoms with Crippen molar-refractivity contribution in [3.05, 3.63) is 0 Å². The third-order valence-electron chi connectivity index (χ3n) is 5.03. The molecule has 3 unspecified atom stereocenters. The molecule has 2 aliphatic rings. The van der Waals surface area contributed by atoms with Crippen LogP contribution in [-0.4, -0.2) is 60.8 Å². The lowest BCUT2D eigenvalue weighted by Crippen LogP contribution is -2.51. The van der Waals surface area contributed by atoms with Gasteiger partial charge in [-0.05, 0) is 39.0 Å². The molecule has 1 amide bonds. The Morgan fingerprint density at radius 1 is 1.38 bits per heavy atom. The maximum Gasteiger partial charge on any atom is 0.309 e. The maximum atomic E-state index is 12.6. The molecule has 0 spiro atoms. The molecule has 0 radical (unpaired) electrons. The summed E-state index contributed by atoms with van der Waals surface area (Å²) in [6.45, 7) is 5.46. The summed E-state index contributed by atoms with van der Waals surface area (Å²) in [5.74, 6) is -0.701. The van der Waals surface area contributed by atoms with E-state index < -0.39 is 11.4 Å². The van der Waals surface area contributed by atoms with E-state index in [0.29, 0.717) is 19.5 Å². The second-order valence-electron chi connectivity index (χ2n) is 6.70. The Morgan fingerprint density at radius 2 is 2.10 bits per heavy atom. The summed E-state index contributed by atoms with van der Waals surface area (Å²) < 4.78 is 5.27. The van der Waals surface area contributed by atoms with E-state index in [0.717, 1.165) is 19.4 Å². The van der Waals surface area contributed by atoms with Crippen LogP contribution in [0.3, 0.4) is 0 Å². The Balaban J connectivity index is 1.98. The minimum atomic E-state index is -0.795. The second-order valence-corrected chi connectivity index (χ2v) is 6.70. The summed E-state index contributed by atoms with van der Waals surface area (Å²) in [5.41, 5.74) is -0.795. The van der Waals surface area contributed by atoms with E-state index in [1.54, 1.807) is 21.0 Å². The number of rotatable bonds is 4. The molecule has 0 aromatic heterocycles. The number of aliphatic carboxylic acids is 1. The Labute approximate surface area is 125 Å². The fourth-order valence-electron chi connectivity index (χ4n) is 3.23. The number of methoxy groups -OCH3 is 1. The van der Waals surface area contributed by atoms with Gasteiger partial charge in [0.05, 0.1) is 17.6 Å². The standard InChI is InChI=1S/C15H26N2O4/c1-15(2,14(19)20)10-5-4-6-17(9-10)13(18)12-7-11(21-3)8-16-12/h10-12,16H,4-9H2,1-3H3,(H,19,20). The lowest BCUT2D eigenvalue weighted by molar-refractivity contribution is -0.153. The number of hydrogen-bond donors (Lipinski definition) is 2. The predicted octanol–water partition coefficient (Wildman–Crippen LogP) is 0.713. The Kier molecular flexibility index (Phi) is 4.88. The van der Waals surface area contributed by atoms with Crippen molar-refractivity contribution >= 4 is 11.9 Å². The number of nitrogens with zero attached hydrogens (tertiary/aromatic N) is 1. The molecule has 6 heteroatoms. The number of carboxylic acids is 1. The summed E-state index contributed by atoms with van der Waals surface area (Å²) in [6, 6.07) is -0.193. The van der Waals surface area contributed by atoms with Gasteiger partial charge in [0.15, 0.2) is 0 Å². The number of hydrogen-bond acceptors (Lipinski definition) is 4. The first-order valence-electron chi connectivity index (χ1n) is 7.64. The third-order valence-corrected chi connectivity index (χ3v) is 5.03. The van der Waals surface area contributed by atoms with Crippen LogP contribution in [0.15, 0.2) is 0 Å². The number of ether oxygens (including phenoxy) is 1. The van der Waals surface area contributed by atoms with E-state index in [1.165, 1.54) is 0 Å². The molecular weight excluding hydrogens is 272 g/mol. The van der Waals surface area contributed by atoms with Crippen molar-refractivity contribution in [2.75, 3.05) is 26.7 Å². The summed E-state index contributed by atoms with van der Waals surface area (Å²) in [4.78, 5) is 25.8. The van der Waals surface area contributed by atoms with Gasteiger partial charge in [-0.15, -0.1) is 0 Å². The van der Waals surface area contributed by atoms with Crippen LogP contribution in [0.2, 0.25) is 0 Å². The molecule has 2 saturated heterocycles. The molecule has 0 aromatic carbocycles. The number of nitrogens with one attached hydrogen (secondary N) is 1. The first kappa shape index (κ1) is 16.2. The highest BCUT2D eigenvalue weighted by Crippen LogP contribution is 2.34. The monoisotopic (exact) mass is 298 g/mol. The molecule has 0 bridgehead atoms. The van der Waals surface area contributed by atoms with Crippen LogP contribution < -0.4 is 5.32 Å². The third kappa shape index (κ3) is 3.37. The Hall–Kier alpha value is -1.14. The quantitative estimate of drug-likeness (QED) is 0.799. The number of carbonyl (C=O) groups is 2. The number of piperidine rings is 1. The molecule has 21 heavy (non-hydrogen) atoms. The summed E-state index contributed by atoms with van der Waals surface area (Å²) in [6.07, 6.45) is 2.52. The van der Waals surface area contributed by atoms with Gasteiger partial charge < -0.3 is 20.1 Å². The average molecular weight is 298 g/mol. The van der Waals surface area contributed by atoms with Crippen molar-refractivity contribution in [2.24, 2.45) is 11.3 Å². The molecular formula is C15H26N2O4. The molecule has 0 aliphatic carbocycles. The van der Waals surface area contributed by atoms with E-state index in [-0.39, 0.29) is 24.0 Å². The molecule has 2 N–H and O–H groups in total. The van der Waals surface area contributed by atoms with E-state index in [4.69, 9.17) is 4.74 Å². The van der Waals surface area contributed by atoms with Crippen molar-refractivity contribution in [2.45, 2.75) is 45.3 Å². The molecule has 2 rings (SSSR count). The fourth-order valence-corrected chi connectivity index (χ4v) is 3.23. The van der Waals surface area contributed by atoms with Gasteiger partial charge in [-0.1, -0.05) is 0 Å². The van der Waals surface area contributed by atoms with Crippen molar-refractivity contribution in [1.29, 1.82) is 0 Å². The van der Waals surface area contributed by atoms with Gasteiger partial charge in [-0.25, -0.2) is 0 Å². The van der Waals surface area contributed by atoms with Crippen molar-refractivity contribution in [1.82, 2.24) is 10.2 Å². The lowest BCUT2D eigenvalue weighted by Gasteiger charge is -2.40. The number of carboxylic acid groups (broad SMARTS) is 1. The van der Waals surface area contributed by atoms with Crippen LogP contribution >= 0.6 is 0 Å². The molecule has 120 valence electrons. The maximum absolute atomic E-state index is 12.6. The molecule has 0 saturated carbocycles. The van der Waals surface area contributed by atoms with Crippen molar-refractivity contribution in [3.63, 3.8) is 0 Å². The molecule has 2 aliphatic heterocycles. The normalized spacial score (nSPS) is 30.4. The van der Waals surface area contributed by atoms with Crippen molar-refractivity contribution < 1.29 is 19.4 Å². The second kappa shape index (κ2) is 6.32. The predicted molar refractivity (Wildman–Crippen MR) is 77.9 cm³/mol. The molecule has 0 aromatic rings. The average Bonchev–Trinajstić information content (AvgIpc) is 2.95. The highest BCUT2D eigenvalue weighted by atomic mass is 16.5. The van der Waals surface area contributed by atoms with Crippen LogP contribution in [0, 0.1) is 11.3 Å². The van der Waals surface area contributed by atoms with E-state index in [1.807, 2.05) is 4.90 Å². The van der Waals surface area contributed by atoms with Crippen LogP contribution in [-0.2, 0) is 14.3 Å². The van der Waals surface area contributed by atoms with Gasteiger partial charge in [0.1, 0.15) is 0 Å². The Bertz CT molecular complexity index is 410. The van der Waals surface area contributed by atoms with Gasteiger partial charge >= 0.3 is 5.97 Å². The first-order chi connectivity index (χ1) is 9.86. The van der Waals surface area contributed by atoms with Crippen LogP contribution in [0.4, 0.5) is 0 Å². The fraction of sp³-hybridized carbons (Fsp3) is 0.867. The minimum Gasteiger partial charge on any atom is -0.481 e. The molecule has 3 atom stereocenters. The van der Waals surface area contributed by atoms with Gasteiger partial charge in [0, 0.05) is 26.7 Å².